The van der Waals surface area contributed by atoms with Gasteiger partial charge in [-0.15, -0.1) is 0 Å². The molecule has 0 saturated heterocycles. The summed E-state index contributed by atoms with van der Waals surface area (Å²) in [5.41, 5.74) is 6.60. The van der Waals surface area contributed by atoms with Crippen molar-refractivity contribution in [2.75, 3.05) is 5.73 Å². The van der Waals surface area contributed by atoms with Crippen molar-refractivity contribution in [2.45, 2.75) is 6.61 Å². The van der Waals surface area contributed by atoms with Crippen LogP contribution in [0.4, 0.5) is 5.69 Å². The Bertz CT molecular complexity index is 239. The largest absolute Gasteiger partial charge is 0.397 e. The lowest BCUT2D eigenvalue weighted by Crippen LogP contribution is -1.97. The molecule has 0 aliphatic carbocycles. The molecule has 4 heteroatoms. The number of nitrogen functional groups attached to an aromatic ring is 1. The van der Waals surface area contributed by atoms with Crippen LogP contribution < -0.4 is 5.73 Å². The van der Waals surface area contributed by atoms with Crippen molar-refractivity contribution in [1.29, 1.82) is 0 Å². The molecule has 0 aliphatic rings. The number of pyridine rings is 1. The van der Waals surface area contributed by atoms with Crippen molar-refractivity contribution in [3.8, 4) is 0 Å². The van der Waals surface area contributed by atoms with Crippen molar-refractivity contribution in [1.82, 2.24) is 4.98 Å². The first-order chi connectivity index (χ1) is 4.74. The van der Waals surface area contributed by atoms with E-state index in [0.717, 1.165) is 3.57 Å². The summed E-state index contributed by atoms with van der Waals surface area (Å²) in [4.78, 5) is 3.91. The van der Waals surface area contributed by atoms with Crippen LogP contribution in [0.1, 0.15) is 5.69 Å². The summed E-state index contributed by atoms with van der Waals surface area (Å²) in [7, 11) is 0. The lowest BCUT2D eigenvalue weighted by Gasteiger charge is -1.99. The number of hydrogen-bond acceptors (Lipinski definition) is 3. The second-order valence-electron chi connectivity index (χ2n) is 1.85. The van der Waals surface area contributed by atoms with Gasteiger partial charge in [-0.05, 0) is 28.7 Å². The van der Waals surface area contributed by atoms with E-state index in [1.165, 1.54) is 0 Å². The minimum Gasteiger partial charge on any atom is -0.397 e. The highest BCUT2D eigenvalue weighted by Gasteiger charge is 1.97. The van der Waals surface area contributed by atoms with Crippen LogP contribution in [-0.4, -0.2) is 10.1 Å². The summed E-state index contributed by atoms with van der Waals surface area (Å²) in [5, 5.41) is 8.66. The van der Waals surface area contributed by atoms with Crippen LogP contribution in [0.15, 0.2) is 12.3 Å². The zero-order chi connectivity index (χ0) is 7.56. The number of nitrogens with zero attached hydrogens (tertiary/aromatic N) is 1. The van der Waals surface area contributed by atoms with E-state index in [0.29, 0.717) is 11.4 Å². The third kappa shape index (κ3) is 1.57. The number of rotatable bonds is 1. The standard InChI is InChI=1S/C6H7IN2O/c7-4-1-5(8)6(3-10)9-2-4/h1-2,10H,3,8H2. The zero-order valence-electron chi connectivity index (χ0n) is 5.21. The Balaban J connectivity index is 3.07. The minimum atomic E-state index is -0.0945. The normalized spacial score (nSPS) is 9.80. The topological polar surface area (TPSA) is 59.1 Å². The van der Waals surface area contributed by atoms with Gasteiger partial charge in [0.25, 0.3) is 0 Å². The maximum Gasteiger partial charge on any atom is 0.0887 e. The predicted octanol–water partition coefficient (Wildman–Crippen LogP) is 0.761. The van der Waals surface area contributed by atoms with Gasteiger partial charge in [0.05, 0.1) is 18.0 Å². The molecule has 1 heterocycles. The second-order valence-corrected chi connectivity index (χ2v) is 3.09. The van der Waals surface area contributed by atoms with Crippen molar-refractivity contribution in [3.63, 3.8) is 0 Å². The average Bonchev–Trinajstić information content (AvgIpc) is 1.88. The van der Waals surface area contributed by atoms with E-state index >= 15 is 0 Å². The molecule has 0 bridgehead atoms. The molecule has 0 radical (unpaired) electrons. The molecule has 0 spiro atoms. The number of aromatic nitrogens is 1. The number of aliphatic hydroxyl groups is 1. The maximum absolute atomic E-state index is 8.66. The molecule has 1 rings (SSSR count). The number of anilines is 1. The molecule has 0 aromatic carbocycles. The van der Waals surface area contributed by atoms with Gasteiger partial charge in [-0.3, -0.25) is 4.98 Å². The Morgan fingerprint density at radius 2 is 2.40 bits per heavy atom. The van der Waals surface area contributed by atoms with Crippen molar-refractivity contribution < 1.29 is 5.11 Å². The smallest absolute Gasteiger partial charge is 0.0887 e. The lowest BCUT2D eigenvalue weighted by atomic mass is 10.3. The summed E-state index contributed by atoms with van der Waals surface area (Å²) in [5.74, 6) is 0. The second kappa shape index (κ2) is 3.16. The lowest BCUT2D eigenvalue weighted by molar-refractivity contribution is 0.277. The fourth-order valence-electron chi connectivity index (χ4n) is 0.615. The van der Waals surface area contributed by atoms with Crippen LogP contribution in [0.2, 0.25) is 0 Å². The molecule has 1 aromatic rings. The van der Waals surface area contributed by atoms with Gasteiger partial charge < -0.3 is 10.8 Å². The molecule has 0 atom stereocenters. The van der Waals surface area contributed by atoms with Crippen LogP contribution in [0.25, 0.3) is 0 Å². The van der Waals surface area contributed by atoms with E-state index in [1.807, 2.05) is 0 Å². The Labute approximate surface area is 72.4 Å². The van der Waals surface area contributed by atoms with Crippen LogP contribution in [0.5, 0.6) is 0 Å². The SMILES string of the molecule is Nc1cc(I)cnc1CO. The van der Waals surface area contributed by atoms with Gasteiger partial charge in [-0.2, -0.15) is 0 Å². The Kier molecular flexibility index (Phi) is 2.44. The molecule has 3 N–H and O–H groups in total. The summed E-state index contributed by atoms with van der Waals surface area (Å²) >= 11 is 2.11. The maximum atomic E-state index is 8.66. The number of aliphatic hydroxyl groups excluding tert-OH is 1. The minimum absolute atomic E-state index is 0.0945. The van der Waals surface area contributed by atoms with Crippen molar-refractivity contribution in [2.24, 2.45) is 0 Å². The van der Waals surface area contributed by atoms with Gasteiger partial charge in [-0.1, -0.05) is 0 Å². The Hall–Kier alpha value is -0.360. The van der Waals surface area contributed by atoms with Crippen LogP contribution in [0.3, 0.4) is 0 Å². The van der Waals surface area contributed by atoms with Crippen molar-refractivity contribution >= 4 is 28.3 Å². The van der Waals surface area contributed by atoms with Crippen molar-refractivity contribution in [3.05, 3.63) is 21.5 Å². The Morgan fingerprint density at radius 1 is 1.70 bits per heavy atom. The first-order valence-electron chi connectivity index (χ1n) is 2.75. The molecule has 10 heavy (non-hydrogen) atoms. The molecular formula is C6H7IN2O. The fraction of sp³-hybridized carbons (Fsp3) is 0.167. The quantitative estimate of drug-likeness (QED) is 0.723. The van der Waals surface area contributed by atoms with Gasteiger partial charge in [0.15, 0.2) is 0 Å². The summed E-state index contributed by atoms with van der Waals surface area (Å²) < 4.78 is 0.979. The summed E-state index contributed by atoms with van der Waals surface area (Å²) in [6.45, 7) is -0.0945. The first kappa shape index (κ1) is 7.74. The van der Waals surface area contributed by atoms with Crippen LogP contribution >= 0.6 is 22.6 Å². The molecule has 0 fully saturated rings. The van der Waals surface area contributed by atoms with E-state index in [2.05, 4.69) is 27.6 Å². The first-order valence-corrected chi connectivity index (χ1v) is 3.82. The predicted molar refractivity (Wildman–Crippen MR) is 47.3 cm³/mol. The summed E-state index contributed by atoms with van der Waals surface area (Å²) in [6.07, 6.45) is 1.67. The highest BCUT2D eigenvalue weighted by Crippen LogP contribution is 2.11. The van der Waals surface area contributed by atoms with E-state index in [9.17, 15) is 0 Å². The molecule has 3 nitrogen and oxygen atoms in total. The zero-order valence-corrected chi connectivity index (χ0v) is 7.37. The fourth-order valence-corrected chi connectivity index (χ4v) is 1.09. The highest BCUT2D eigenvalue weighted by atomic mass is 127. The molecule has 1 aromatic heterocycles. The van der Waals surface area contributed by atoms with E-state index in [-0.39, 0.29) is 6.61 Å². The summed E-state index contributed by atoms with van der Waals surface area (Å²) in [6, 6.07) is 1.78. The number of hydrogen-bond donors (Lipinski definition) is 2. The number of nitrogens with two attached hydrogens (primary N) is 1. The third-order valence-electron chi connectivity index (χ3n) is 1.12. The highest BCUT2D eigenvalue weighted by molar-refractivity contribution is 14.1. The third-order valence-corrected chi connectivity index (χ3v) is 1.71. The average molecular weight is 250 g/mol. The van der Waals surface area contributed by atoms with Gasteiger partial charge >= 0.3 is 0 Å². The van der Waals surface area contributed by atoms with Gasteiger partial charge in [0, 0.05) is 9.77 Å². The van der Waals surface area contributed by atoms with Crippen LogP contribution in [0, 0.1) is 3.57 Å². The monoisotopic (exact) mass is 250 g/mol. The molecular weight excluding hydrogens is 243 g/mol. The number of halogens is 1. The van der Waals surface area contributed by atoms with E-state index < -0.39 is 0 Å². The molecule has 0 unspecified atom stereocenters. The molecule has 0 amide bonds. The van der Waals surface area contributed by atoms with Crippen LogP contribution in [-0.2, 0) is 6.61 Å². The van der Waals surface area contributed by atoms with Gasteiger partial charge in [-0.25, -0.2) is 0 Å². The van der Waals surface area contributed by atoms with E-state index in [4.69, 9.17) is 10.8 Å². The molecule has 54 valence electrons. The van der Waals surface area contributed by atoms with E-state index in [1.54, 1.807) is 12.3 Å². The van der Waals surface area contributed by atoms with Gasteiger partial charge in [0.2, 0.25) is 0 Å². The Morgan fingerprint density at radius 3 is 2.90 bits per heavy atom. The molecule has 0 saturated carbocycles. The van der Waals surface area contributed by atoms with Gasteiger partial charge in [0.1, 0.15) is 0 Å². The molecule has 0 aliphatic heterocycles.